The van der Waals surface area contributed by atoms with Gasteiger partial charge in [0, 0.05) is 22.7 Å². The van der Waals surface area contributed by atoms with Gasteiger partial charge in [-0.05, 0) is 24.6 Å². The summed E-state index contributed by atoms with van der Waals surface area (Å²) in [4.78, 5) is 0. The SMILES string of the molecule is Cl.NC(CCO)c1cc(Br)ccc1F. The van der Waals surface area contributed by atoms with E-state index in [1.807, 2.05) is 0 Å². The lowest BCUT2D eigenvalue weighted by Crippen LogP contribution is -2.13. The molecule has 0 amide bonds. The average molecular weight is 285 g/mol. The van der Waals surface area contributed by atoms with E-state index in [0.717, 1.165) is 4.47 Å². The highest BCUT2D eigenvalue weighted by Gasteiger charge is 2.10. The normalized spacial score (nSPS) is 12.0. The molecule has 80 valence electrons. The lowest BCUT2D eigenvalue weighted by molar-refractivity contribution is 0.275. The van der Waals surface area contributed by atoms with Crippen LogP contribution in [-0.2, 0) is 0 Å². The van der Waals surface area contributed by atoms with Crippen molar-refractivity contribution in [2.24, 2.45) is 5.73 Å². The van der Waals surface area contributed by atoms with Crippen molar-refractivity contribution >= 4 is 28.3 Å². The summed E-state index contributed by atoms with van der Waals surface area (Å²) < 4.78 is 14.0. The summed E-state index contributed by atoms with van der Waals surface area (Å²) in [6.07, 6.45) is 0.368. The van der Waals surface area contributed by atoms with Crippen LogP contribution in [0.4, 0.5) is 4.39 Å². The fourth-order valence-electron chi connectivity index (χ4n) is 1.09. The van der Waals surface area contributed by atoms with E-state index in [-0.39, 0.29) is 24.8 Å². The Hall–Kier alpha value is -0.160. The van der Waals surface area contributed by atoms with Crippen LogP contribution in [0.1, 0.15) is 18.0 Å². The maximum absolute atomic E-state index is 13.2. The second-order valence-corrected chi connectivity index (χ2v) is 3.70. The van der Waals surface area contributed by atoms with E-state index in [1.54, 1.807) is 12.1 Å². The van der Waals surface area contributed by atoms with Gasteiger partial charge in [-0.15, -0.1) is 12.4 Å². The van der Waals surface area contributed by atoms with Gasteiger partial charge in [-0.3, -0.25) is 0 Å². The van der Waals surface area contributed by atoms with Gasteiger partial charge < -0.3 is 10.8 Å². The fraction of sp³-hybridized carbons (Fsp3) is 0.333. The Labute approximate surface area is 96.8 Å². The van der Waals surface area contributed by atoms with E-state index in [4.69, 9.17) is 10.8 Å². The third-order valence-corrected chi connectivity index (χ3v) is 2.29. The molecule has 0 spiro atoms. The molecule has 1 atom stereocenters. The number of aliphatic hydroxyl groups is 1. The molecule has 0 aliphatic carbocycles. The van der Waals surface area contributed by atoms with E-state index < -0.39 is 6.04 Å². The summed E-state index contributed by atoms with van der Waals surface area (Å²) in [6, 6.07) is 4.17. The molecule has 0 aromatic heterocycles. The van der Waals surface area contributed by atoms with Crippen molar-refractivity contribution in [3.8, 4) is 0 Å². The second kappa shape index (κ2) is 6.35. The summed E-state index contributed by atoms with van der Waals surface area (Å²) >= 11 is 3.23. The first-order valence-electron chi connectivity index (χ1n) is 3.96. The summed E-state index contributed by atoms with van der Waals surface area (Å²) in [5.74, 6) is -0.329. The molecular formula is C9H12BrClFNO. The smallest absolute Gasteiger partial charge is 0.128 e. The van der Waals surface area contributed by atoms with Gasteiger partial charge in [-0.1, -0.05) is 15.9 Å². The minimum Gasteiger partial charge on any atom is -0.396 e. The van der Waals surface area contributed by atoms with Gasteiger partial charge in [0.1, 0.15) is 5.82 Å². The van der Waals surface area contributed by atoms with E-state index >= 15 is 0 Å². The zero-order valence-corrected chi connectivity index (χ0v) is 9.81. The predicted octanol–water partition coefficient (Wildman–Crippen LogP) is 2.39. The molecule has 0 saturated carbocycles. The highest BCUT2D eigenvalue weighted by molar-refractivity contribution is 9.10. The summed E-state index contributed by atoms with van der Waals surface area (Å²) in [5, 5.41) is 8.64. The van der Waals surface area contributed by atoms with E-state index in [2.05, 4.69) is 15.9 Å². The number of hydrogen-bond acceptors (Lipinski definition) is 2. The number of aliphatic hydroxyl groups excluding tert-OH is 1. The fourth-order valence-corrected chi connectivity index (χ4v) is 1.47. The standard InChI is InChI=1S/C9H11BrFNO.ClH/c10-6-1-2-8(11)7(5-6)9(12)3-4-13;/h1-2,5,9,13H,3-4,12H2;1H. The van der Waals surface area contributed by atoms with Crippen LogP contribution < -0.4 is 5.73 Å². The van der Waals surface area contributed by atoms with E-state index in [9.17, 15) is 4.39 Å². The molecule has 1 rings (SSSR count). The Balaban J connectivity index is 0.00000169. The monoisotopic (exact) mass is 283 g/mol. The van der Waals surface area contributed by atoms with Crippen LogP contribution >= 0.6 is 28.3 Å². The van der Waals surface area contributed by atoms with Crippen molar-refractivity contribution in [3.05, 3.63) is 34.1 Å². The van der Waals surface area contributed by atoms with Crippen molar-refractivity contribution in [2.75, 3.05) is 6.61 Å². The number of benzene rings is 1. The maximum atomic E-state index is 13.2. The Morgan fingerprint density at radius 1 is 1.50 bits per heavy atom. The van der Waals surface area contributed by atoms with Gasteiger partial charge >= 0.3 is 0 Å². The van der Waals surface area contributed by atoms with Crippen molar-refractivity contribution in [1.29, 1.82) is 0 Å². The predicted molar refractivity (Wildman–Crippen MR) is 60.0 cm³/mol. The van der Waals surface area contributed by atoms with E-state index in [1.165, 1.54) is 6.07 Å². The lowest BCUT2D eigenvalue weighted by Gasteiger charge is -2.11. The molecule has 1 aromatic carbocycles. The molecule has 14 heavy (non-hydrogen) atoms. The van der Waals surface area contributed by atoms with Crippen LogP contribution in [0, 0.1) is 5.82 Å². The van der Waals surface area contributed by atoms with Crippen LogP contribution in [0.2, 0.25) is 0 Å². The van der Waals surface area contributed by atoms with Crippen molar-refractivity contribution in [1.82, 2.24) is 0 Å². The molecule has 5 heteroatoms. The van der Waals surface area contributed by atoms with Gasteiger partial charge in [0.05, 0.1) is 0 Å². The molecule has 3 N–H and O–H groups in total. The zero-order valence-electron chi connectivity index (χ0n) is 7.41. The molecule has 0 aliphatic heterocycles. The van der Waals surface area contributed by atoms with Crippen LogP contribution in [-0.4, -0.2) is 11.7 Å². The minimum absolute atomic E-state index is 0. The summed E-state index contributed by atoms with van der Waals surface area (Å²) in [5.41, 5.74) is 6.09. The Morgan fingerprint density at radius 2 is 2.14 bits per heavy atom. The number of hydrogen-bond donors (Lipinski definition) is 2. The molecule has 0 saturated heterocycles. The second-order valence-electron chi connectivity index (χ2n) is 2.78. The van der Waals surface area contributed by atoms with Crippen LogP contribution in [0.5, 0.6) is 0 Å². The Morgan fingerprint density at radius 3 is 2.71 bits per heavy atom. The van der Waals surface area contributed by atoms with Crippen LogP contribution in [0.15, 0.2) is 22.7 Å². The average Bonchev–Trinajstić information content (AvgIpc) is 2.09. The van der Waals surface area contributed by atoms with Crippen molar-refractivity contribution < 1.29 is 9.50 Å². The van der Waals surface area contributed by atoms with Crippen LogP contribution in [0.25, 0.3) is 0 Å². The topological polar surface area (TPSA) is 46.2 Å². The first-order valence-corrected chi connectivity index (χ1v) is 4.76. The zero-order chi connectivity index (χ0) is 9.84. The highest BCUT2D eigenvalue weighted by Crippen LogP contribution is 2.21. The molecule has 1 aromatic rings. The van der Waals surface area contributed by atoms with Gasteiger partial charge in [0.25, 0.3) is 0 Å². The quantitative estimate of drug-likeness (QED) is 0.895. The molecule has 0 aliphatic rings. The third kappa shape index (κ3) is 3.53. The maximum Gasteiger partial charge on any atom is 0.128 e. The molecule has 2 nitrogen and oxygen atoms in total. The Bertz CT molecular complexity index is 298. The first-order chi connectivity index (χ1) is 6.15. The molecule has 0 heterocycles. The lowest BCUT2D eigenvalue weighted by atomic mass is 10.0. The molecule has 0 radical (unpaired) electrons. The van der Waals surface area contributed by atoms with Gasteiger partial charge in [0.2, 0.25) is 0 Å². The van der Waals surface area contributed by atoms with Crippen molar-refractivity contribution in [2.45, 2.75) is 12.5 Å². The van der Waals surface area contributed by atoms with Gasteiger partial charge in [-0.25, -0.2) is 4.39 Å². The summed E-state index contributed by atoms with van der Waals surface area (Å²) in [7, 11) is 0. The first kappa shape index (κ1) is 13.8. The largest absolute Gasteiger partial charge is 0.396 e. The number of halogens is 3. The molecule has 0 bridgehead atoms. The third-order valence-electron chi connectivity index (χ3n) is 1.80. The molecule has 0 fully saturated rings. The summed E-state index contributed by atoms with van der Waals surface area (Å²) in [6.45, 7) is -0.0346. The number of nitrogens with two attached hydrogens (primary N) is 1. The van der Waals surface area contributed by atoms with Gasteiger partial charge in [-0.2, -0.15) is 0 Å². The molecule has 1 unspecified atom stereocenters. The minimum atomic E-state index is -0.442. The molecular weight excluding hydrogens is 272 g/mol. The van der Waals surface area contributed by atoms with Crippen LogP contribution in [0.3, 0.4) is 0 Å². The van der Waals surface area contributed by atoms with E-state index in [0.29, 0.717) is 12.0 Å². The Kier molecular flexibility index (Phi) is 6.27. The highest BCUT2D eigenvalue weighted by atomic mass is 79.9. The van der Waals surface area contributed by atoms with Gasteiger partial charge in [0.15, 0.2) is 0 Å². The van der Waals surface area contributed by atoms with Crippen molar-refractivity contribution in [3.63, 3.8) is 0 Å². The number of rotatable bonds is 3.